The van der Waals surface area contributed by atoms with E-state index in [1.807, 2.05) is 0 Å². The summed E-state index contributed by atoms with van der Waals surface area (Å²) in [5.41, 5.74) is 1.16. The van der Waals surface area contributed by atoms with Crippen LogP contribution in [0.25, 0.3) is 0 Å². The molecule has 2 amide bonds. The van der Waals surface area contributed by atoms with Crippen LogP contribution in [0.15, 0.2) is 4.79 Å². The summed E-state index contributed by atoms with van der Waals surface area (Å²) in [5, 5.41) is 0. The van der Waals surface area contributed by atoms with Gasteiger partial charge in [-0.15, -0.1) is 0 Å². The van der Waals surface area contributed by atoms with E-state index in [2.05, 4.69) is 4.98 Å². The fraction of sp³-hybridized carbons (Fsp3) is 0.684. The Balaban J connectivity index is 1.58. The molecule has 1 aromatic heterocycles. The number of nitrogens with one attached hydrogen (secondary N) is 1. The van der Waals surface area contributed by atoms with Crippen LogP contribution in [0.3, 0.4) is 0 Å². The van der Waals surface area contributed by atoms with Gasteiger partial charge in [-0.05, 0) is 32.1 Å². The number of fused-ring (bicyclic) bond motifs is 1. The molecule has 2 fully saturated rings. The molecule has 0 bridgehead atoms. The third kappa shape index (κ3) is 3.63. The Morgan fingerprint density at radius 3 is 2.78 bits per heavy atom. The molecule has 3 aliphatic rings. The average molecular weight is 374 g/mol. The minimum absolute atomic E-state index is 0.0317. The van der Waals surface area contributed by atoms with Crippen molar-refractivity contribution < 1.29 is 14.3 Å². The number of piperidine rings is 1. The van der Waals surface area contributed by atoms with Crippen LogP contribution >= 0.6 is 0 Å². The van der Waals surface area contributed by atoms with Crippen molar-refractivity contribution in [2.45, 2.75) is 51.1 Å². The molecule has 0 radical (unpaired) electrons. The first-order valence-electron chi connectivity index (χ1n) is 9.77. The maximum absolute atomic E-state index is 12.7. The standard InChI is InChI=1S/C19H26N4O4/c1-27-11-16(24)23-8-3-2-4-15(23)17-20-14-7-9-22(19(26)12-5-6-12)10-13(14)18(25)21-17/h12,15H,2-11H2,1H3,(H,20,21,25)/t15-/m0/s1. The van der Waals surface area contributed by atoms with Gasteiger partial charge < -0.3 is 19.5 Å². The van der Waals surface area contributed by atoms with Gasteiger partial charge in [0.15, 0.2) is 0 Å². The van der Waals surface area contributed by atoms with E-state index in [1.165, 1.54) is 7.11 Å². The van der Waals surface area contributed by atoms with Crippen molar-refractivity contribution in [1.29, 1.82) is 0 Å². The van der Waals surface area contributed by atoms with Gasteiger partial charge in [-0.2, -0.15) is 0 Å². The first-order chi connectivity index (χ1) is 13.1. The predicted molar refractivity (Wildman–Crippen MR) is 96.9 cm³/mol. The molecule has 1 N–H and O–H groups in total. The number of hydrogen-bond donors (Lipinski definition) is 1. The van der Waals surface area contributed by atoms with Gasteiger partial charge in [-0.25, -0.2) is 4.98 Å². The summed E-state index contributed by atoms with van der Waals surface area (Å²) in [7, 11) is 1.50. The average Bonchev–Trinajstić information content (AvgIpc) is 3.52. The van der Waals surface area contributed by atoms with E-state index in [0.29, 0.717) is 37.4 Å². The minimum Gasteiger partial charge on any atom is -0.375 e. The first-order valence-corrected chi connectivity index (χ1v) is 9.77. The Labute approximate surface area is 157 Å². The highest BCUT2D eigenvalue weighted by molar-refractivity contribution is 5.81. The molecule has 0 unspecified atom stereocenters. The fourth-order valence-corrected chi connectivity index (χ4v) is 4.10. The maximum atomic E-state index is 12.7. The second-order valence-electron chi connectivity index (χ2n) is 7.69. The molecule has 27 heavy (non-hydrogen) atoms. The number of aromatic nitrogens is 2. The van der Waals surface area contributed by atoms with Crippen LogP contribution in [0.2, 0.25) is 0 Å². The molecule has 4 rings (SSSR count). The summed E-state index contributed by atoms with van der Waals surface area (Å²) >= 11 is 0. The van der Waals surface area contributed by atoms with Gasteiger partial charge in [0, 0.05) is 32.5 Å². The monoisotopic (exact) mass is 374 g/mol. The molecule has 0 aromatic carbocycles. The van der Waals surface area contributed by atoms with Gasteiger partial charge in [-0.1, -0.05) is 0 Å². The zero-order chi connectivity index (χ0) is 19.0. The highest BCUT2D eigenvalue weighted by Gasteiger charge is 2.36. The van der Waals surface area contributed by atoms with Crippen molar-refractivity contribution in [2.75, 3.05) is 26.8 Å². The summed E-state index contributed by atoms with van der Waals surface area (Å²) in [5.74, 6) is 0.793. The van der Waals surface area contributed by atoms with Crippen LogP contribution in [-0.4, -0.2) is 58.4 Å². The number of methoxy groups -OCH3 is 1. The Hall–Kier alpha value is -2.22. The number of likely N-dealkylation sites (tertiary alicyclic amines) is 1. The molecule has 1 aliphatic carbocycles. The van der Waals surface area contributed by atoms with Gasteiger partial charge in [-0.3, -0.25) is 14.4 Å². The lowest BCUT2D eigenvalue weighted by Gasteiger charge is -2.35. The van der Waals surface area contributed by atoms with Crippen molar-refractivity contribution in [3.63, 3.8) is 0 Å². The molecule has 1 saturated heterocycles. The van der Waals surface area contributed by atoms with Crippen molar-refractivity contribution >= 4 is 11.8 Å². The molecule has 1 atom stereocenters. The van der Waals surface area contributed by atoms with E-state index in [9.17, 15) is 14.4 Å². The first kappa shape index (κ1) is 18.2. The predicted octanol–water partition coefficient (Wildman–Crippen LogP) is 0.765. The molecule has 1 saturated carbocycles. The summed E-state index contributed by atoms with van der Waals surface area (Å²) in [6, 6.07) is -0.217. The second-order valence-corrected chi connectivity index (χ2v) is 7.69. The highest BCUT2D eigenvalue weighted by atomic mass is 16.5. The van der Waals surface area contributed by atoms with Crippen LogP contribution in [0.1, 0.15) is 55.2 Å². The molecule has 2 aliphatic heterocycles. The van der Waals surface area contributed by atoms with E-state index < -0.39 is 0 Å². The third-order valence-corrected chi connectivity index (χ3v) is 5.73. The van der Waals surface area contributed by atoms with Crippen LogP contribution in [0.5, 0.6) is 0 Å². The Morgan fingerprint density at radius 2 is 2.04 bits per heavy atom. The Morgan fingerprint density at radius 1 is 1.22 bits per heavy atom. The number of carbonyl (C=O) groups excluding carboxylic acids is 2. The second kappa shape index (κ2) is 7.42. The van der Waals surface area contributed by atoms with E-state index in [-0.39, 0.29) is 35.9 Å². The summed E-state index contributed by atoms with van der Waals surface area (Å²) in [6.45, 7) is 1.63. The summed E-state index contributed by atoms with van der Waals surface area (Å²) in [4.78, 5) is 48.6. The van der Waals surface area contributed by atoms with Crippen LogP contribution in [-0.2, 0) is 27.3 Å². The lowest BCUT2D eigenvalue weighted by atomic mass is 10.00. The van der Waals surface area contributed by atoms with E-state index in [1.54, 1.807) is 9.80 Å². The van der Waals surface area contributed by atoms with Crippen LogP contribution in [0.4, 0.5) is 0 Å². The van der Waals surface area contributed by atoms with E-state index in [0.717, 1.165) is 37.8 Å². The van der Waals surface area contributed by atoms with Crippen LogP contribution in [0, 0.1) is 5.92 Å². The lowest BCUT2D eigenvalue weighted by Crippen LogP contribution is -2.43. The van der Waals surface area contributed by atoms with Gasteiger partial charge >= 0.3 is 0 Å². The molecule has 3 heterocycles. The number of H-pyrrole nitrogens is 1. The zero-order valence-electron chi connectivity index (χ0n) is 15.7. The number of hydrogen-bond acceptors (Lipinski definition) is 5. The van der Waals surface area contributed by atoms with Gasteiger partial charge in [0.1, 0.15) is 12.4 Å². The van der Waals surface area contributed by atoms with Crippen molar-refractivity contribution in [3.05, 3.63) is 27.4 Å². The number of rotatable bonds is 4. The smallest absolute Gasteiger partial charge is 0.256 e. The molecule has 1 aromatic rings. The van der Waals surface area contributed by atoms with E-state index in [4.69, 9.17) is 9.72 Å². The molecular formula is C19H26N4O4. The zero-order valence-corrected chi connectivity index (χ0v) is 15.7. The van der Waals surface area contributed by atoms with Gasteiger partial charge in [0.05, 0.1) is 23.8 Å². The SMILES string of the molecule is COCC(=O)N1CCCC[C@H]1c1nc2c(c(=O)[nH]1)CN(C(=O)C1CC1)CC2. The molecule has 146 valence electrons. The number of aromatic amines is 1. The number of amides is 2. The van der Waals surface area contributed by atoms with Gasteiger partial charge in [0.2, 0.25) is 11.8 Å². The van der Waals surface area contributed by atoms with Crippen molar-refractivity contribution in [2.24, 2.45) is 5.92 Å². The third-order valence-electron chi connectivity index (χ3n) is 5.73. The van der Waals surface area contributed by atoms with Crippen LogP contribution < -0.4 is 5.56 Å². The topological polar surface area (TPSA) is 95.6 Å². The molecule has 8 nitrogen and oxygen atoms in total. The quantitative estimate of drug-likeness (QED) is 0.840. The fourth-order valence-electron chi connectivity index (χ4n) is 4.10. The van der Waals surface area contributed by atoms with E-state index >= 15 is 0 Å². The number of ether oxygens (including phenoxy) is 1. The van der Waals surface area contributed by atoms with Crippen molar-refractivity contribution in [3.8, 4) is 0 Å². The molecule has 0 spiro atoms. The largest absolute Gasteiger partial charge is 0.375 e. The lowest BCUT2D eigenvalue weighted by molar-refractivity contribution is -0.139. The van der Waals surface area contributed by atoms with Gasteiger partial charge in [0.25, 0.3) is 5.56 Å². The summed E-state index contributed by atoms with van der Waals surface area (Å²) < 4.78 is 4.99. The molecular weight excluding hydrogens is 348 g/mol. The minimum atomic E-state index is -0.217. The highest BCUT2D eigenvalue weighted by Crippen LogP contribution is 2.33. The maximum Gasteiger partial charge on any atom is 0.256 e. The number of nitrogens with zero attached hydrogens (tertiary/aromatic N) is 3. The molecule has 8 heteroatoms. The Kier molecular flexibility index (Phi) is 4.99. The summed E-state index contributed by atoms with van der Waals surface area (Å²) in [6.07, 6.45) is 5.23. The Bertz CT molecular complexity index is 801. The normalized spacial score (nSPS) is 22.5. The number of carbonyl (C=O) groups is 2. The van der Waals surface area contributed by atoms with Crippen molar-refractivity contribution in [1.82, 2.24) is 19.8 Å².